The highest BCUT2D eigenvalue weighted by Gasteiger charge is 2.34. The lowest BCUT2D eigenvalue weighted by Gasteiger charge is -2.13. The molecule has 0 radical (unpaired) electrons. The van der Waals surface area contributed by atoms with Gasteiger partial charge in [-0.05, 0) is 48.4 Å². The zero-order valence-corrected chi connectivity index (χ0v) is 17.0. The van der Waals surface area contributed by atoms with Crippen LogP contribution in [0.15, 0.2) is 78.4 Å². The van der Waals surface area contributed by atoms with E-state index < -0.39 is 11.8 Å². The van der Waals surface area contributed by atoms with Crippen LogP contribution in [0.5, 0.6) is 5.75 Å². The minimum absolute atomic E-state index is 0.0447. The maximum absolute atomic E-state index is 12.7. The van der Waals surface area contributed by atoms with Crippen molar-refractivity contribution in [2.75, 3.05) is 5.01 Å². The van der Waals surface area contributed by atoms with Gasteiger partial charge in [0.2, 0.25) is 0 Å². The zero-order valence-electron chi connectivity index (χ0n) is 16.3. The number of hydrazine groups is 1. The van der Waals surface area contributed by atoms with Crippen molar-refractivity contribution >= 4 is 35.2 Å². The molecule has 5 nitrogen and oxygen atoms in total. The molecule has 3 aromatic rings. The van der Waals surface area contributed by atoms with Gasteiger partial charge >= 0.3 is 0 Å². The van der Waals surface area contributed by atoms with Crippen molar-refractivity contribution < 1.29 is 14.3 Å². The summed E-state index contributed by atoms with van der Waals surface area (Å²) in [6.07, 6.45) is 1.52. The number of para-hydroxylation sites is 1. The molecule has 1 N–H and O–H groups in total. The van der Waals surface area contributed by atoms with Crippen molar-refractivity contribution in [3.05, 3.63) is 100 Å². The summed E-state index contributed by atoms with van der Waals surface area (Å²) in [6, 6.07) is 22.2. The third-order valence-corrected chi connectivity index (χ3v) is 4.98. The van der Waals surface area contributed by atoms with Crippen LogP contribution in [0, 0.1) is 6.92 Å². The van der Waals surface area contributed by atoms with Crippen LogP contribution in [-0.4, -0.2) is 11.8 Å². The Kier molecular flexibility index (Phi) is 5.55. The predicted octanol–water partition coefficient (Wildman–Crippen LogP) is 4.69. The molecule has 0 bridgehead atoms. The van der Waals surface area contributed by atoms with Gasteiger partial charge in [-0.25, -0.2) is 5.01 Å². The SMILES string of the molecule is Cc1ccc(COc2ccc(/C=C3/C(=O)NN(c4ccccc4)C3=O)cc2Cl)cc1. The fraction of sp³-hybridized carbons (Fsp3) is 0.0833. The molecule has 0 aliphatic carbocycles. The summed E-state index contributed by atoms with van der Waals surface area (Å²) in [5.41, 5.74) is 6.08. The Morgan fingerprint density at radius 1 is 1.00 bits per heavy atom. The first kappa shape index (κ1) is 19.7. The van der Waals surface area contributed by atoms with E-state index >= 15 is 0 Å². The van der Waals surface area contributed by atoms with E-state index in [0.29, 0.717) is 28.6 Å². The molecule has 0 spiro atoms. The highest BCUT2D eigenvalue weighted by molar-refractivity contribution is 6.33. The number of aryl methyl sites for hydroxylation is 1. The minimum atomic E-state index is -0.459. The zero-order chi connectivity index (χ0) is 21.1. The number of amides is 2. The molecule has 150 valence electrons. The number of benzene rings is 3. The molecular weight excluding hydrogens is 400 g/mol. The summed E-state index contributed by atoms with van der Waals surface area (Å²) >= 11 is 6.35. The molecule has 0 atom stereocenters. The topological polar surface area (TPSA) is 58.6 Å². The lowest BCUT2D eigenvalue weighted by molar-refractivity contribution is -0.117. The van der Waals surface area contributed by atoms with Crippen molar-refractivity contribution in [2.45, 2.75) is 13.5 Å². The van der Waals surface area contributed by atoms with Crippen LogP contribution in [0.4, 0.5) is 5.69 Å². The van der Waals surface area contributed by atoms with Crippen molar-refractivity contribution in [1.29, 1.82) is 0 Å². The smallest absolute Gasteiger partial charge is 0.282 e. The van der Waals surface area contributed by atoms with E-state index in [9.17, 15) is 9.59 Å². The van der Waals surface area contributed by atoms with E-state index in [1.54, 1.807) is 42.5 Å². The molecule has 3 aromatic carbocycles. The first-order valence-electron chi connectivity index (χ1n) is 9.41. The molecule has 6 heteroatoms. The van der Waals surface area contributed by atoms with E-state index in [-0.39, 0.29) is 5.57 Å². The fourth-order valence-corrected chi connectivity index (χ4v) is 3.30. The van der Waals surface area contributed by atoms with Crippen LogP contribution in [0.25, 0.3) is 6.08 Å². The number of hydrogen-bond acceptors (Lipinski definition) is 3. The van der Waals surface area contributed by atoms with Gasteiger partial charge in [0.15, 0.2) is 0 Å². The molecule has 2 amide bonds. The Morgan fingerprint density at radius 3 is 2.43 bits per heavy atom. The number of nitrogens with zero attached hydrogens (tertiary/aromatic N) is 1. The van der Waals surface area contributed by atoms with E-state index in [1.807, 2.05) is 37.3 Å². The summed E-state index contributed by atoms with van der Waals surface area (Å²) < 4.78 is 5.80. The van der Waals surface area contributed by atoms with Gasteiger partial charge in [-0.15, -0.1) is 0 Å². The monoisotopic (exact) mass is 418 g/mol. The number of carbonyl (C=O) groups is 2. The number of rotatable bonds is 5. The summed E-state index contributed by atoms with van der Waals surface area (Å²) in [5.74, 6) is -0.339. The van der Waals surface area contributed by atoms with Gasteiger partial charge in [-0.3, -0.25) is 15.0 Å². The second-order valence-corrected chi connectivity index (χ2v) is 7.35. The molecule has 0 saturated carbocycles. The molecule has 1 heterocycles. The average molecular weight is 419 g/mol. The summed E-state index contributed by atoms with van der Waals surface area (Å²) in [5, 5.41) is 1.64. The predicted molar refractivity (Wildman–Crippen MR) is 117 cm³/mol. The Labute approximate surface area is 179 Å². The molecular formula is C24H19ClN2O3. The molecule has 1 aliphatic rings. The average Bonchev–Trinajstić information content (AvgIpc) is 3.03. The third kappa shape index (κ3) is 4.21. The van der Waals surface area contributed by atoms with E-state index in [2.05, 4.69) is 5.43 Å². The number of ether oxygens (including phenoxy) is 1. The lowest BCUT2D eigenvalue weighted by Crippen LogP contribution is -2.35. The molecule has 1 saturated heterocycles. The first-order valence-corrected chi connectivity index (χ1v) is 9.79. The number of nitrogens with one attached hydrogen (secondary N) is 1. The van der Waals surface area contributed by atoms with Gasteiger partial charge in [-0.1, -0.05) is 65.7 Å². The maximum atomic E-state index is 12.7. The third-order valence-electron chi connectivity index (χ3n) is 4.69. The first-order chi connectivity index (χ1) is 14.5. The van der Waals surface area contributed by atoms with Gasteiger partial charge in [-0.2, -0.15) is 0 Å². The van der Waals surface area contributed by atoms with E-state index in [1.165, 1.54) is 16.6 Å². The summed E-state index contributed by atoms with van der Waals surface area (Å²) in [7, 11) is 0. The van der Waals surface area contributed by atoms with Gasteiger partial charge < -0.3 is 4.74 Å². The minimum Gasteiger partial charge on any atom is -0.487 e. The summed E-state index contributed by atoms with van der Waals surface area (Å²) in [4.78, 5) is 25.0. The number of anilines is 1. The Balaban J connectivity index is 1.50. The van der Waals surface area contributed by atoms with Crippen molar-refractivity contribution in [3.63, 3.8) is 0 Å². The number of carbonyl (C=O) groups excluding carboxylic acids is 2. The number of hydrogen-bond donors (Lipinski definition) is 1. The van der Waals surface area contributed by atoms with Crippen LogP contribution in [0.2, 0.25) is 5.02 Å². The standard InChI is InChI=1S/C24H19ClN2O3/c1-16-7-9-17(10-8-16)15-30-22-12-11-18(14-21(22)25)13-20-23(28)26-27(24(20)29)19-5-3-2-4-6-19/h2-14H,15H2,1H3,(H,26,28)/b20-13-. The molecule has 0 unspecified atom stereocenters. The van der Waals surface area contributed by atoms with E-state index in [4.69, 9.17) is 16.3 Å². The fourth-order valence-electron chi connectivity index (χ4n) is 3.05. The van der Waals surface area contributed by atoms with Gasteiger partial charge in [0.25, 0.3) is 11.8 Å². The van der Waals surface area contributed by atoms with Crippen molar-refractivity contribution in [1.82, 2.24) is 5.43 Å². The lowest BCUT2D eigenvalue weighted by atomic mass is 10.1. The molecule has 30 heavy (non-hydrogen) atoms. The van der Waals surface area contributed by atoms with Gasteiger partial charge in [0.05, 0.1) is 10.7 Å². The Morgan fingerprint density at radius 2 is 1.73 bits per heavy atom. The normalized spacial score (nSPS) is 14.9. The van der Waals surface area contributed by atoms with Crippen LogP contribution in [0.1, 0.15) is 16.7 Å². The highest BCUT2D eigenvalue weighted by atomic mass is 35.5. The Hall–Kier alpha value is -3.57. The van der Waals surface area contributed by atoms with Crippen molar-refractivity contribution in [3.8, 4) is 5.75 Å². The summed E-state index contributed by atoms with van der Waals surface area (Å²) in [6.45, 7) is 2.43. The Bertz CT molecular complexity index is 1120. The maximum Gasteiger partial charge on any atom is 0.282 e. The second kappa shape index (κ2) is 8.43. The molecule has 1 fully saturated rings. The van der Waals surface area contributed by atoms with Crippen molar-refractivity contribution in [2.24, 2.45) is 0 Å². The van der Waals surface area contributed by atoms with E-state index in [0.717, 1.165) is 5.56 Å². The van der Waals surface area contributed by atoms with Crippen LogP contribution in [-0.2, 0) is 16.2 Å². The van der Waals surface area contributed by atoms with Crippen LogP contribution >= 0.6 is 11.6 Å². The van der Waals surface area contributed by atoms with Crippen LogP contribution in [0.3, 0.4) is 0 Å². The second-order valence-electron chi connectivity index (χ2n) is 6.94. The molecule has 4 rings (SSSR count). The number of halogens is 1. The van der Waals surface area contributed by atoms with Gasteiger partial charge in [0, 0.05) is 0 Å². The quantitative estimate of drug-likeness (QED) is 0.483. The molecule has 0 aromatic heterocycles. The van der Waals surface area contributed by atoms with Gasteiger partial charge in [0.1, 0.15) is 17.9 Å². The molecule has 1 aliphatic heterocycles. The van der Waals surface area contributed by atoms with Crippen LogP contribution < -0.4 is 15.2 Å². The highest BCUT2D eigenvalue weighted by Crippen LogP contribution is 2.28. The largest absolute Gasteiger partial charge is 0.487 e.